The number of carbonyl (C=O) groups is 3. The Morgan fingerprint density at radius 3 is 2.45 bits per heavy atom. The minimum absolute atomic E-state index is 0.0631. The van der Waals surface area contributed by atoms with Crippen LogP contribution in [0.1, 0.15) is 54.3 Å². The molecule has 0 aliphatic carbocycles. The molecule has 1 unspecified atom stereocenters. The molecule has 1 atom stereocenters. The second kappa shape index (κ2) is 11.8. The number of aromatic nitrogens is 1. The number of hydrogen-bond acceptors (Lipinski definition) is 8. The summed E-state index contributed by atoms with van der Waals surface area (Å²) in [5.74, 6) is -0.167. The van der Waals surface area contributed by atoms with Crippen LogP contribution < -0.4 is 21.3 Å². The van der Waals surface area contributed by atoms with Crippen LogP contribution >= 0.6 is 0 Å². The van der Waals surface area contributed by atoms with Crippen molar-refractivity contribution in [1.82, 2.24) is 15.2 Å². The molecule has 11 heteroatoms. The molecular formula is C27H36N6O5. The van der Waals surface area contributed by atoms with Crippen molar-refractivity contribution in [2.75, 3.05) is 49.6 Å². The Bertz CT molecular complexity index is 1150. The molecule has 2 aliphatic rings. The Labute approximate surface area is 222 Å². The topological polar surface area (TPSA) is 139 Å². The number of carbonyl (C=O) groups excluding carboxylic acids is 3. The highest BCUT2D eigenvalue weighted by Gasteiger charge is 2.32. The van der Waals surface area contributed by atoms with E-state index in [4.69, 9.17) is 15.2 Å². The third-order valence-corrected chi connectivity index (χ3v) is 6.31. The number of ether oxygens (including phenoxy) is 2. The van der Waals surface area contributed by atoms with Gasteiger partial charge in [-0.05, 0) is 76.6 Å². The summed E-state index contributed by atoms with van der Waals surface area (Å²) in [6.07, 6.45) is 1.18. The van der Waals surface area contributed by atoms with Gasteiger partial charge in [-0.1, -0.05) is 0 Å². The molecule has 204 valence electrons. The van der Waals surface area contributed by atoms with E-state index in [1.807, 2.05) is 20.8 Å². The molecule has 11 nitrogen and oxygen atoms in total. The quantitative estimate of drug-likeness (QED) is 0.524. The third-order valence-electron chi connectivity index (χ3n) is 6.31. The van der Waals surface area contributed by atoms with Crippen LogP contribution in [-0.4, -0.2) is 78.8 Å². The minimum Gasteiger partial charge on any atom is -0.443 e. The van der Waals surface area contributed by atoms with E-state index in [0.29, 0.717) is 49.9 Å². The molecule has 2 aliphatic heterocycles. The number of rotatable bonds is 6. The van der Waals surface area contributed by atoms with Crippen molar-refractivity contribution in [1.29, 1.82) is 0 Å². The van der Waals surface area contributed by atoms with Crippen molar-refractivity contribution >= 4 is 35.2 Å². The second-order valence-corrected chi connectivity index (χ2v) is 10.4. The first-order valence-electron chi connectivity index (χ1n) is 12.9. The van der Waals surface area contributed by atoms with Crippen molar-refractivity contribution in [2.24, 2.45) is 5.73 Å². The zero-order chi connectivity index (χ0) is 27.3. The van der Waals surface area contributed by atoms with Gasteiger partial charge in [0, 0.05) is 30.9 Å². The van der Waals surface area contributed by atoms with Crippen molar-refractivity contribution in [2.45, 2.75) is 45.3 Å². The predicted molar refractivity (Wildman–Crippen MR) is 144 cm³/mol. The summed E-state index contributed by atoms with van der Waals surface area (Å²) < 4.78 is 11.0. The summed E-state index contributed by atoms with van der Waals surface area (Å²) in [5, 5.41) is 6.45. The number of amides is 3. The van der Waals surface area contributed by atoms with Gasteiger partial charge in [-0.15, -0.1) is 0 Å². The molecule has 2 aromatic rings. The summed E-state index contributed by atoms with van der Waals surface area (Å²) in [6, 6.07) is 9.91. The Kier molecular flexibility index (Phi) is 8.48. The van der Waals surface area contributed by atoms with E-state index < -0.39 is 17.6 Å². The maximum Gasteiger partial charge on any atom is 0.416 e. The molecule has 2 fully saturated rings. The van der Waals surface area contributed by atoms with Gasteiger partial charge in [-0.25, -0.2) is 9.78 Å². The number of piperidine rings is 1. The van der Waals surface area contributed by atoms with E-state index in [9.17, 15) is 14.4 Å². The normalized spacial score (nSPS) is 18.0. The van der Waals surface area contributed by atoms with Gasteiger partial charge in [-0.2, -0.15) is 0 Å². The smallest absolute Gasteiger partial charge is 0.416 e. The standard InChI is InChI=1S/C27H36N6O5/c1-27(2,3)38-26(36)33(20-5-4-12-29-17-20)22-11-10-21(23(28)34)24(31-22)30-19-8-6-18(7-9-19)25(35)32-13-15-37-16-14-32/h6-11,20,29H,4-5,12-17H2,1-3H3,(H2,28,34)(H,30,31). The van der Waals surface area contributed by atoms with Crippen LogP contribution in [0.25, 0.3) is 0 Å². The first-order valence-corrected chi connectivity index (χ1v) is 12.9. The molecule has 0 saturated carbocycles. The summed E-state index contributed by atoms with van der Waals surface area (Å²) in [6.45, 7) is 9.08. The Morgan fingerprint density at radius 2 is 1.84 bits per heavy atom. The van der Waals surface area contributed by atoms with Gasteiger partial charge in [0.25, 0.3) is 11.8 Å². The van der Waals surface area contributed by atoms with Crippen molar-refractivity contribution in [3.8, 4) is 0 Å². The molecule has 4 rings (SSSR count). The van der Waals surface area contributed by atoms with E-state index in [0.717, 1.165) is 19.4 Å². The van der Waals surface area contributed by atoms with E-state index in [1.54, 1.807) is 41.3 Å². The van der Waals surface area contributed by atoms with Gasteiger partial charge < -0.3 is 30.7 Å². The lowest BCUT2D eigenvalue weighted by molar-refractivity contribution is 0.0303. The Balaban J connectivity index is 1.60. The third kappa shape index (κ3) is 6.78. The van der Waals surface area contributed by atoms with Gasteiger partial charge >= 0.3 is 6.09 Å². The summed E-state index contributed by atoms with van der Waals surface area (Å²) in [7, 11) is 0. The van der Waals surface area contributed by atoms with Crippen LogP contribution in [0.3, 0.4) is 0 Å². The molecule has 3 heterocycles. The van der Waals surface area contributed by atoms with Crippen molar-refractivity contribution < 1.29 is 23.9 Å². The minimum atomic E-state index is -0.688. The van der Waals surface area contributed by atoms with E-state index >= 15 is 0 Å². The van der Waals surface area contributed by atoms with Crippen molar-refractivity contribution in [3.63, 3.8) is 0 Å². The monoisotopic (exact) mass is 524 g/mol. The number of hydrogen-bond donors (Lipinski definition) is 3. The van der Waals surface area contributed by atoms with Crippen molar-refractivity contribution in [3.05, 3.63) is 47.5 Å². The molecule has 38 heavy (non-hydrogen) atoms. The van der Waals surface area contributed by atoms with Crippen LogP contribution in [0.4, 0.5) is 22.1 Å². The van der Waals surface area contributed by atoms with E-state index in [2.05, 4.69) is 15.6 Å². The number of pyridine rings is 1. The maximum atomic E-state index is 13.3. The fourth-order valence-corrected chi connectivity index (χ4v) is 4.45. The molecule has 0 bridgehead atoms. The number of morpholine rings is 1. The number of nitrogens with zero attached hydrogens (tertiary/aromatic N) is 3. The number of anilines is 3. The average Bonchev–Trinajstić information content (AvgIpc) is 2.89. The lowest BCUT2D eigenvalue weighted by Gasteiger charge is -2.35. The lowest BCUT2D eigenvalue weighted by atomic mass is 10.1. The molecule has 0 spiro atoms. The van der Waals surface area contributed by atoms with Crippen LogP contribution in [0.15, 0.2) is 36.4 Å². The summed E-state index contributed by atoms with van der Waals surface area (Å²) in [5.41, 5.74) is 6.28. The SMILES string of the molecule is CC(C)(C)OC(=O)N(c1ccc(C(N)=O)c(Nc2ccc(C(=O)N3CCOCC3)cc2)n1)C1CCCNC1. The van der Waals surface area contributed by atoms with Gasteiger partial charge in [0.05, 0.1) is 24.8 Å². The van der Waals surface area contributed by atoms with Crippen LogP contribution in [-0.2, 0) is 9.47 Å². The lowest BCUT2D eigenvalue weighted by Crippen LogP contribution is -2.50. The van der Waals surface area contributed by atoms with Gasteiger partial charge in [0.15, 0.2) is 0 Å². The average molecular weight is 525 g/mol. The largest absolute Gasteiger partial charge is 0.443 e. The molecular weight excluding hydrogens is 488 g/mol. The Hall–Kier alpha value is -3.70. The number of benzene rings is 1. The zero-order valence-electron chi connectivity index (χ0n) is 22.2. The molecule has 2 saturated heterocycles. The maximum absolute atomic E-state index is 13.3. The van der Waals surface area contributed by atoms with Gasteiger partial charge in [0.2, 0.25) is 0 Å². The van der Waals surface area contributed by atoms with E-state index in [-0.39, 0.29) is 23.3 Å². The highest BCUT2D eigenvalue weighted by molar-refractivity contribution is 5.99. The molecule has 0 radical (unpaired) electrons. The van der Waals surface area contributed by atoms with Crippen LogP contribution in [0, 0.1) is 0 Å². The second-order valence-electron chi connectivity index (χ2n) is 10.4. The fraction of sp³-hybridized carbons (Fsp3) is 0.481. The first-order chi connectivity index (χ1) is 18.1. The number of nitrogens with one attached hydrogen (secondary N) is 2. The number of primary amides is 1. The summed E-state index contributed by atoms with van der Waals surface area (Å²) in [4.78, 5) is 46.2. The zero-order valence-corrected chi connectivity index (χ0v) is 22.2. The van der Waals surface area contributed by atoms with Crippen LogP contribution in [0.2, 0.25) is 0 Å². The molecule has 1 aromatic heterocycles. The molecule has 1 aromatic carbocycles. The predicted octanol–water partition coefficient (Wildman–Crippen LogP) is 2.89. The highest BCUT2D eigenvalue weighted by atomic mass is 16.6. The summed E-state index contributed by atoms with van der Waals surface area (Å²) >= 11 is 0. The van der Waals surface area contributed by atoms with Gasteiger partial charge in [-0.3, -0.25) is 14.5 Å². The first kappa shape index (κ1) is 27.3. The van der Waals surface area contributed by atoms with Crippen LogP contribution in [0.5, 0.6) is 0 Å². The fourth-order valence-electron chi connectivity index (χ4n) is 4.45. The highest BCUT2D eigenvalue weighted by Crippen LogP contribution is 2.27. The van der Waals surface area contributed by atoms with E-state index in [1.165, 1.54) is 4.90 Å². The molecule has 4 N–H and O–H groups in total. The molecule has 3 amide bonds. The number of nitrogens with two attached hydrogens (primary N) is 1. The van der Waals surface area contributed by atoms with Gasteiger partial charge in [0.1, 0.15) is 17.2 Å². The Morgan fingerprint density at radius 1 is 1.13 bits per heavy atom.